The molecule has 132 valence electrons. The molecule has 0 N–H and O–H groups in total. The van der Waals surface area contributed by atoms with Crippen LogP contribution in [0.2, 0.25) is 10.2 Å². The first-order valence-electron chi connectivity index (χ1n) is 8.31. The predicted molar refractivity (Wildman–Crippen MR) is 104 cm³/mol. The summed E-state index contributed by atoms with van der Waals surface area (Å²) in [6.07, 6.45) is 1.70. The largest absolute Gasteiger partial charge is 0.333 e. The van der Waals surface area contributed by atoms with Gasteiger partial charge in [-0.15, -0.1) is 0 Å². The summed E-state index contributed by atoms with van der Waals surface area (Å²) in [7, 11) is 0. The molecular weight excluding hydrogens is 369 g/mol. The molecule has 26 heavy (non-hydrogen) atoms. The highest BCUT2D eigenvalue weighted by molar-refractivity contribution is 6.31. The maximum Gasteiger partial charge on any atom is 0.255 e. The Hall–Kier alpha value is -2.30. The summed E-state index contributed by atoms with van der Waals surface area (Å²) in [5.74, 6) is 0.0274. The van der Waals surface area contributed by atoms with E-state index in [1.165, 1.54) is 0 Å². The van der Waals surface area contributed by atoms with E-state index in [1.54, 1.807) is 17.2 Å². The van der Waals surface area contributed by atoms with E-state index in [0.29, 0.717) is 16.7 Å². The Balaban J connectivity index is 1.80. The first-order chi connectivity index (χ1) is 12.5. The van der Waals surface area contributed by atoms with Crippen molar-refractivity contribution in [1.29, 1.82) is 0 Å². The normalized spacial score (nSPS) is 16.2. The van der Waals surface area contributed by atoms with Crippen LogP contribution in [-0.2, 0) is 11.3 Å². The summed E-state index contributed by atoms with van der Waals surface area (Å²) in [6, 6.07) is 12.9. The van der Waals surface area contributed by atoms with Crippen molar-refractivity contribution < 1.29 is 4.79 Å². The number of carbonyl (C=O) groups is 1. The van der Waals surface area contributed by atoms with Crippen LogP contribution in [0.25, 0.3) is 0 Å². The minimum atomic E-state index is -0.404. The van der Waals surface area contributed by atoms with Crippen molar-refractivity contribution in [3.63, 3.8) is 0 Å². The van der Waals surface area contributed by atoms with Crippen LogP contribution in [0.3, 0.4) is 0 Å². The van der Waals surface area contributed by atoms with Crippen LogP contribution in [0, 0.1) is 13.8 Å². The van der Waals surface area contributed by atoms with Gasteiger partial charge in [-0.25, -0.2) is 4.98 Å². The zero-order valence-electron chi connectivity index (χ0n) is 14.4. The second kappa shape index (κ2) is 6.45. The lowest BCUT2D eigenvalue weighted by atomic mass is 10.1. The Morgan fingerprint density at radius 1 is 1.04 bits per heavy atom. The lowest BCUT2D eigenvalue weighted by Crippen LogP contribution is -2.31. The molecule has 1 aliphatic heterocycles. The Labute approximate surface area is 162 Å². The first kappa shape index (κ1) is 17.1. The highest BCUT2D eigenvalue weighted by Gasteiger charge is 2.39. The summed E-state index contributed by atoms with van der Waals surface area (Å²) in [6.45, 7) is 4.46. The van der Waals surface area contributed by atoms with Crippen molar-refractivity contribution in [2.45, 2.75) is 26.4 Å². The highest BCUT2D eigenvalue weighted by atomic mass is 35.5. The maximum absolute atomic E-state index is 13.4. The van der Waals surface area contributed by atoms with E-state index < -0.39 is 6.04 Å². The van der Waals surface area contributed by atoms with Gasteiger partial charge in [0, 0.05) is 28.2 Å². The molecule has 0 bridgehead atoms. The number of nitrogens with zero attached hydrogens (tertiary/aromatic N) is 3. The quantitative estimate of drug-likeness (QED) is 0.598. The zero-order valence-corrected chi connectivity index (χ0v) is 15.9. The molecule has 2 aromatic heterocycles. The number of anilines is 1. The number of pyridine rings is 1. The lowest BCUT2D eigenvalue weighted by molar-refractivity contribution is -0.120. The third-order valence-electron chi connectivity index (χ3n) is 4.79. The van der Waals surface area contributed by atoms with Crippen LogP contribution in [0.5, 0.6) is 0 Å². The maximum atomic E-state index is 13.4. The van der Waals surface area contributed by atoms with Crippen LogP contribution in [0.4, 0.5) is 5.69 Å². The zero-order chi connectivity index (χ0) is 18.4. The van der Waals surface area contributed by atoms with Gasteiger partial charge in [-0.3, -0.25) is 4.79 Å². The first-order valence-corrected chi connectivity index (χ1v) is 9.07. The fourth-order valence-corrected chi connectivity index (χ4v) is 3.86. The molecule has 1 unspecified atom stereocenters. The number of hydrogen-bond acceptors (Lipinski definition) is 2. The van der Waals surface area contributed by atoms with E-state index in [1.807, 2.05) is 50.2 Å². The summed E-state index contributed by atoms with van der Waals surface area (Å²) >= 11 is 12.1. The van der Waals surface area contributed by atoms with Gasteiger partial charge in [0.25, 0.3) is 5.91 Å². The fraction of sp³-hybridized carbons (Fsp3) is 0.200. The lowest BCUT2D eigenvalue weighted by Gasteiger charge is -2.20. The van der Waals surface area contributed by atoms with Crippen LogP contribution in [-0.4, -0.2) is 15.5 Å². The topological polar surface area (TPSA) is 38.1 Å². The second-order valence-corrected chi connectivity index (χ2v) is 7.33. The minimum Gasteiger partial charge on any atom is -0.333 e. The van der Waals surface area contributed by atoms with E-state index in [-0.39, 0.29) is 5.91 Å². The van der Waals surface area contributed by atoms with Gasteiger partial charge in [-0.2, -0.15) is 0 Å². The number of aryl methyl sites for hydroxylation is 2. The molecule has 1 aromatic carbocycles. The van der Waals surface area contributed by atoms with Gasteiger partial charge < -0.3 is 9.47 Å². The molecule has 1 amide bonds. The van der Waals surface area contributed by atoms with Crippen LogP contribution in [0.1, 0.15) is 28.6 Å². The molecule has 0 saturated carbocycles. The van der Waals surface area contributed by atoms with Crippen LogP contribution in [0.15, 0.2) is 48.7 Å². The van der Waals surface area contributed by atoms with Crippen molar-refractivity contribution in [2.24, 2.45) is 0 Å². The van der Waals surface area contributed by atoms with Crippen LogP contribution >= 0.6 is 23.2 Å². The van der Waals surface area contributed by atoms with E-state index in [4.69, 9.17) is 23.2 Å². The minimum absolute atomic E-state index is 0.0274. The number of aromatic nitrogens is 2. The number of fused-ring (bicyclic) bond motifs is 1. The summed E-state index contributed by atoms with van der Waals surface area (Å²) < 4.78 is 2.07. The van der Waals surface area contributed by atoms with Crippen molar-refractivity contribution >= 4 is 34.8 Å². The number of benzene rings is 1. The van der Waals surface area contributed by atoms with E-state index in [9.17, 15) is 4.79 Å². The van der Waals surface area contributed by atoms with Gasteiger partial charge in [0.1, 0.15) is 11.2 Å². The number of amides is 1. The summed E-state index contributed by atoms with van der Waals surface area (Å²) in [5.41, 5.74) is 4.81. The molecule has 3 heterocycles. The number of rotatable bonds is 3. The van der Waals surface area contributed by atoms with Gasteiger partial charge in [-0.1, -0.05) is 29.3 Å². The Kier molecular flexibility index (Phi) is 4.25. The second-order valence-electron chi connectivity index (χ2n) is 6.51. The average Bonchev–Trinajstić information content (AvgIpc) is 3.07. The monoisotopic (exact) mass is 385 g/mol. The van der Waals surface area contributed by atoms with Gasteiger partial charge in [0.2, 0.25) is 0 Å². The molecule has 3 aromatic rings. The SMILES string of the molecule is Cc1ccc(C)n1C1C(=O)N(Cc2ccc(Cl)nc2)c2ccc(Cl)cc21. The standard InChI is InChI=1S/C20H17Cl2N3O/c1-12-3-4-13(2)25(12)19-16-9-15(21)6-7-17(16)24(20(19)26)11-14-5-8-18(22)23-10-14/h3-10,19H,11H2,1-2H3. The Morgan fingerprint density at radius 3 is 2.42 bits per heavy atom. The smallest absolute Gasteiger partial charge is 0.255 e. The molecular formula is C20H17Cl2N3O. The highest BCUT2D eigenvalue weighted by Crippen LogP contribution is 2.41. The predicted octanol–water partition coefficient (Wildman–Crippen LogP) is 4.94. The van der Waals surface area contributed by atoms with Gasteiger partial charge in [-0.05, 0) is 55.8 Å². The number of hydrogen-bond donors (Lipinski definition) is 0. The molecule has 1 aliphatic rings. The third kappa shape index (κ3) is 2.79. The Morgan fingerprint density at radius 2 is 1.77 bits per heavy atom. The van der Waals surface area contributed by atoms with Crippen molar-refractivity contribution in [2.75, 3.05) is 4.90 Å². The van der Waals surface area contributed by atoms with Crippen LogP contribution < -0.4 is 4.90 Å². The van der Waals surface area contributed by atoms with Crippen molar-refractivity contribution in [3.05, 3.63) is 81.4 Å². The Bertz CT molecular complexity index is 975. The van der Waals surface area contributed by atoms with Crippen molar-refractivity contribution in [3.8, 4) is 0 Å². The number of halogens is 2. The molecule has 4 rings (SSSR count). The van der Waals surface area contributed by atoms with Gasteiger partial charge in [0.05, 0.1) is 12.2 Å². The van der Waals surface area contributed by atoms with Crippen molar-refractivity contribution in [1.82, 2.24) is 9.55 Å². The molecule has 0 fully saturated rings. The molecule has 0 aliphatic carbocycles. The molecule has 0 saturated heterocycles. The fourth-order valence-electron chi connectivity index (χ4n) is 3.57. The molecule has 1 atom stereocenters. The molecule has 4 nitrogen and oxygen atoms in total. The number of carbonyl (C=O) groups excluding carboxylic acids is 1. The summed E-state index contributed by atoms with van der Waals surface area (Å²) in [4.78, 5) is 19.3. The summed E-state index contributed by atoms with van der Waals surface area (Å²) in [5, 5.41) is 1.06. The molecule has 0 spiro atoms. The van der Waals surface area contributed by atoms with E-state index >= 15 is 0 Å². The van der Waals surface area contributed by atoms with E-state index in [0.717, 1.165) is 28.2 Å². The van der Waals surface area contributed by atoms with E-state index in [2.05, 4.69) is 9.55 Å². The van der Waals surface area contributed by atoms with Gasteiger partial charge >= 0.3 is 0 Å². The average molecular weight is 386 g/mol. The third-order valence-corrected chi connectivity index (χ3v) is 5.25. The molecule has 0 radical (unpaired) electrons. The molecule has 6 heteroatoms. The van der Waals surface area contributed by atoms with Gasteiger partial charge in [0.15, 0.2) is 0 Å².